The first kappa shape index (κ1) is 9.06. The third-order valence-electron chi connectivity index (χ3n) is 2.45. The molecule has 0 radical (unpaired) electrons. The van der Waals surface area contributed by atoms with Gasteiger partial charge in [0.1, 0.15) is 5.52 Å². The summed E-state index contributed by atoms with van der Waals surface area (Å²) in [7, 11) is 0. The Morgan fingerprint density at radius 3 is 3.00 bits per heavy atom. The smallest absolute Gasteiger partial charge is 0.178 e. The number of rotatable bonds is 2. The molecular weight excluding hydrogens is 174 g/mol. The van der Waals surface area contributed by atoms with Crippen LogP contribution < -0.4 is 0 Å². The van der Waals surface area contributed by atoms with Gasteiger partial charge in [-0.1, -0.05) is 13.8 Å². The van der Waals surface area contributed by atoms with Crippen LogP contribution in [-0.2, 0) is 0 Å². The van der Waals surface area contributed by atoms with Gasteiger partial charge in [0.05, 0.1) is 11.9 Å². The lowest BCUT2D eigenvalue weighted by Crippen LogP contribution is -1.98. The van der Waals surface area contributed by atoms with Crippen molar-refractivity contribution in [1.29, 1.82) is 0 Å². The molecule has 72 valence electrons. The summed E-state index contributed by atoms with van der Waals surface area (Å²) in [5.74, 6) is 0.465. The van der Waals surface area contributed by atoms with Crippen LogP contribution >= 0.6 is 0 Å². The molecule has 3 heteroatoms. The van der Waals surface area contributed by atoms with Crippen LogP contribution in [0.15, 0.2) is 24.5 Å². The topological polar surface area (TPSA) is 38.7 Å². The molecule has 0 aromatic carbocycles. The van der Waals surface area contributed by atoms with Crippen LogP contribution in [0.5, 0.6) is 0 Å². The van der Waals surface area contributed by atoms with Gasteiger partial charge in [-0.05, 0) is 24.5 Å². The molecule has 0 amide bonds. The summed E-state index contributed by atoms with van der Waals surface area (Å²) in [6, 6.07) is 3.83. The lowest BCUT2D eigenvalue weighted by molar-refractivity contribution is 0.707. The van der Waals surface area contributed by atoms with Gasteiger partial charge in [0, 0.05) is 6.20 Å². The van der Waals surface area contributed by atoms with E-state index < -0.39 is 0 Å². The number of hydrogen-bond acceptors (Lipinski definition) is 3. The van der Waals surface area contributed by atoms with Crippen molar-refractivity contribution in [1.82, 2.24) is 15.0 Å². The van der Waals surface area contributed by atoms with Crippen molar-refractivity contribution >= 4 is 11.2 Å². The lowest BCUT2D eigenvalue weighted by atomic mass is 10.1. The molecule has 1 unspecified atom stereocenters. The van der Waals surface area contributed by atoms with Crippen molar-refractivity contribution in [3.05, 3.63) is 30.2 Å². The summed E-state index contributed by atoms with van der Waals surface area (Å²) in [5, 5.41) is 0. The van der Waals surface area contributed by atoms with Gasteiger partial charge < -0.3 is 0 Å². The molecule has 0 N–H and O–H groups in total. The number of aromatic nitrogens is 3. The SMILES string of the molecule is CCC(C)c1cnc2ncccc2n1. The summed E-state index contributed by atoms with van der Waals surface area (Å²) < 4.78 is 0. The molecule has 2 heterocycles. The van der Waals surface area contributed by atoms with Gasteiger partial charge >= 0.3 is 0 Å². The van der Waals surface area contributed by atoms with Crippen LogP contribution in [0, 0.1) is 0 Å². The Hall–Kier alpha value is -1.51. The summed E-state index contributed by atoms with van der Waals surface area (Å²) in [5.41, 5.74) is 2.65. The van der Waals surface area contributed by atoms with Crippen molar-refractivity contribution in [2.24, 2.45) is 0 Å². The van der Waals surface area contributed by atoms with Crippen molar-refractivity contribution in [3.8, 4) is 0 Å². The third kappa shape index (κ3) is 1.58. The average molecular weight is 187 g/mol. The fourth-order valence-electron chi connectivity index (χ4n) is 1.32. The van der Waals surface area contributed by atoms with E-state index in [4.69, 9.17) is 0 Å². The van der Waals surface area contributed by atoms with E-state index in [-0.39, 0.29) is 0 Å². The van der Waals surface area contributed by atoms with Crippen molar-refractivity contribution in [2.75, 3.05) is 0 Å². The van der Waals surface area contributed by atoms with Crippen LogP contribution in [0.2, 0.25) is 0 Å². The van der Waals surface area contributed by atoms with E-state index in [1.807, 2.05) is 18.3 Å². The molecule has 0 saturated heterocycles. The Morgan fingerprint density at radius 2 is 2.21 bits per heavy atom. The minimum atomic E-state index is 0.465. The fraction of sp³-hybridized carbons (Fsp3) is 0.364. The van der Waals surface area contributed by atoms with E-state index in [1.54, 1.807) is 6.20 Å². The number of pyridine rings is 1. The largest absolute Gasteiger partial charge is 0.248 e. The maximum absolute atomic E-state index is 4.52. The minimum Gasteiger partial charge on any atom is -0.248 e. The Bertz CT molecular complexity index is 439. The first-order valence-electron chi connectivity index (χ1n) is 4.89. The summed E-state index contributed by atoms with van der Waals surface area (Å²) in [4.78, 5) is 12.9. The number of fused-ring (bicyclic) bond motifs is 1. The second-order valence-electron chi connectivity index (χ2n) is 3.45. The van der Waals surface area contributed by atoms with Gasteiger partial charge in [0.2, 0.25) is 0 Å². The van der Waals surface area contributed by atoms with Crippen molar-refractivity contribution in [2.45, 2.75) is 26.2 Å². The maximum Gasteiger partial charge on any atom is 0.178 e. The molecule has 0 aliphatic heterocycles. The van der Waals surface area contributed by atoms with Crippen LogP contribution in [0.3, 0.4) is 0 Å². The standard InChI is InChI=1S/C11H13N3/c1-3-8(2)10-7-13-11-9(14-10)5-4-6-12-11/h4-8H,3H2,1-2H3. The van der Waals surface area contributed by atoms with Gasteiger partial charge in [-0.15, -0.1) is 0 Å². The van der Waals surface area contributed by atoms with Crippen molar-refractivity contribution < 1.29 is 0 Å². The molecule has 1 atom stereocenters. The highest BCUT2D eigenvalue weighted by Crippen LogP contribution is 2.16. The zero-order valence-electron chi connectivity index (χ0n) is 8.44. The molecule has 0 spiro atoms. The molecule has 0 saturated carbocycles. The fourth-order valence-corrected chi connectivity index (χ4v) is 1.32. The Morgan fingerprint density at radius 1 is 1.36 bits per heavy atom. The zero-order chi connectivity index (χ0) is 9.97. The minimum absolute atomic E-state index is 0.465. The van der Waals surface area contributed by atoms with Gasteiger partial charge in [0.25, 0.3) is 0 Å². The van der Waals surface area contributed by atoms with Crippen LogP contribution in [-0.4, -0.2) is 15.0 Å². The highest BCUT2D eigenvalue weighted by Gasteiger charge is 2.06. The van der Waals surface area contributed by atoms with Crippen LogP contribution in [0.1, 0.15) is 31.9 Å². The molecule has 2 aromatic rings. The van der Waals surface area contributed by atoms with Crippen LogP contribution in [0.25, 0.3) is 11.2 Å². The van der Waals surface area contributed by atoms with Gasteiger partial charge in [-0.3, -0.25) is 0 Å². The molecular formula is C11H13N3. The highest BCUT2D eigenvalue weighted by molar-refractivity contribution is 5.68. The number of nitrogens with zero attached hydrogens (tertiary/aromatic N) is 3. The zero-order valence-corrected chi connectivity index (χ0v) is 8.44. The first-order chi connectivity index (χ1) is 6.81. The Labute approximate surface area is 83.2 Å². The van der Waals surface area contributed by atoms with E-state index in [0.717, 1.165) is 23.3 Å². The maximum atomic E-state index is 4.52. The van der Waals surface area contributed by atoms with Crippen molar-refractivity contribution in [3.63, 3.8) is 0 Å². The molecule has 0 aliphatic carbocycles. The van der Waals surface area contributed by atoms with E-state index in [0.29, 0.717) is 5.92 Å². The molecule has 0 aliphatic rings. The molecule has 14 heavy (non-hydrogen) atoms. The Balaban J connectivity index is 2.51. The van der Waals surface area contributed by atoms with Gasteiger partial charge in [-0.2, -0.15) is 0 Å². The van der Waals surface area contributed by atoms with E-state index in [1.165, 1.54) is 0 Å². The van der Waals surface area contributed by atoms with Gasteiger partial charge in [-0.25, -0.2) is 15.0 Å². The second-order valence-corrected chi connectivity index (χ2v) is 3.45. The third-order valence-corrected chi connectivity index (χ3v) is 2.45. The highest BCUT2D eigenvalue weighted by atomic mass is 14.9. The Kier molecular flexibility index (Phi) is 2.39. The van der Waals surface area contributed by atoms with E-state index in [2.05, 4.69) is 28.8 Å². The molecule has 3 nitrogen and oxygen atoms in total. The molecule has 0 fully saturated rings. The first-order valence-corrected chi connectivity index (χ1v) is 4.89. The monoisotopic (exact) mass is 187 g/mol. The van der Waals surface area contributed by atoms with Crippen LogP contribution in [0.4, 0.5) is 0 Å². The summed E-state index contributed by atoms with van der Waals surface area (Å²) in [6.45, 7) is 4.31. The molecule has 2 aromatic heterocycles. The predicted octanol–water partition coefficient (Wildman–Crippen LogP) is 2.54. The normalized spacial score (nSPS) is 13.0. The predicted molar refractivity (Wildman–Crippen MR) is 56.0 cm³/mol. The molecule has 2 rings (SSSR count). The average Bonchev–Trinajstić information content (AvgIpc) is 2.27. The van der Waals surface area contributed by atoms with E-state index in [9.17, 15) is 0 Å². The molecule has 0 bridgehead atoms. The number of hydrogen-bond donors (Lipinski definition) is 0. The van der Waals surface area contributed by atoms with Gasteiger partial charge in [0.15, 0.2) is 5.65 Å². The lowest BCUT2D eigenvalue weighted by Gasteiger charge is -2.07. The van der Waals surface area contributed by atoms with E-state index >= 15 is 0 Å². The second kappa shape index (κ2) is 3.70. The summed E-state index contributed by atoms with van der Waals surface area (Å²) >= 11 is 0. The summed E-state index contributed by atoms with van der Waals surface area (Å²) in [6.07, 6.45) is 4.64. The quantitative estimate of drug-likeness (QED) is 0.725.